The molecule has 0 aliphatic rings. The highest BCUT2D eigenvalue weighted by atomic mass is 16.1. The smallest absolute Gasteiger partial charge is 0.152 e. The molecule has 1 atom stereocenters. The minimum absolute atomic E-state index is 0.0648. The van der Waals surface area contributed by atoms with Crippen molar-refractivity contribution in [3.8, 4) is 0 Å². The first-order valence-corrected chi connectivity index (χ1v) is 5.54. The molecule has 0 aliphatic heterocycles. The molecule has 2 nitrogen and oxygen atoms in total. The van der Waals surface area contributed by atoms with Crippen LogP contribution in [0.3, 0.4) is 0 Å². The van der Waals surface area contributed by atoms with E-state index in [0.29, 0.717) is 17.7 Å². The summed E-state index contributed by atoms with van der Waals surface area (Å²) >= 11 is 0. The zero-order chi connectivity index (χ0) is 11.5. The van der Waals surface area contributed by atoms with Gasteiger partial charge in [0.05, 0.1) is 6.04 Å². The van der Waals surface area contributed by atoms with Gasteiger partial charge in [-0.25, -0.2) is 0 Å². The number of hydrogen-bond acceptors (Lipinski definition) is 2. The predicted octanol–water partition coefficient (Wildman–Crippen LogP) is 2.58. The van der Waals surface area contributed by atoms with Crippen molar-refractivity contribution in [2.75, 3.05) is 7.05 Å². The number of Topliss-reactive ketones (excluding diaryl/α,β-unsaturated/α-hetero) is 1. The maximum atomic E-state index is 12.0. The molecule has 14 heavy (non-hydrogen) atoms. The Morgan fingerprint density at radius 3 is 1.64 bits per heavy atom. The summed E-state index contributed by atoms with van der Waals surface area (Å²) in [5.74, 6) is 0.872. The molecular formula is C12H25NO. The molecule has 0 aliphatic carbocycles. The lowest BCUT2D eigenvalue weighted by Gasteiger charge is -2.34. The van der Waals surface area contributed by atoms with E-state index < -0.39 is 0 Å². The normalized spacial score (nSPS) is 14.5. The quantitative estimate of drug-likeness (QED) is 0.678. The number of hydrogen-bond donors (Lipinski definition) is 0. The number of carbonyl (C=O) groups excluding carboxylic acids is 1. The molecule has 0 saturated carbocycles. The van der Waals surface area contributed by atoms with Gasteiger partial charge in [-0.05, 0) is 26.8 Å². The molecule has 0 spiro atoms. The van der Waals surface area contributed by atoms with E-state index in [1.165, 1.54) is 0 Å². The number of ketones is 1. The Bertz CT molecular complexity index is 185. The lowest BCUT2D eigenvalue weighted by molar-refractivity contribution is -0.129. The van der Waals surface area contributed by atoms with Crippen LogP contribution in [0.5, 0.6) is 0 Å². The van der Waals surface area contributed by atoms with Crippen LogP contribution in [-0.4, -0.2) is 29.8 Å². The molecule has 0 rings (SSSR count). The molecule has 0 aromatic carbocycles. The molecule has 0 aromatic rings. The second-order valence-corrected chi connectivity index (χ2v) is 5.01. The zero-order valence-electron chi connectivity index (χ0n) is 10.7. The Morgan fingerprint density at radius 2 is 1.43 bits per heavy atom. The van der Waals surface area contributed by atoms with Gasteiger partial charge in [0, 0.05) is 12.0 Å². The average Bonchev–Trinajstić information content (AvgIpc) is 2.03. The van der Waals surface area contributed by atoms with Crippen LogP contribution in [0.1, 0.15) is 41.5 Å². The van der Waals surface area contributed by atoms with Crippen LogP contribution in [0.25, 0.3) is 0 Å². The topological polar surface area (TPSA) is 20.3 Å². The molecule has 84 valence electrons. The molecule has 0 fully saturated rings. The maximum absolute atomic E-state index is 12.0. The highest BCUT2D eigenvalue weighted by Crippen LogP contribution is 2.16. The minimum atomic E-state index is 0.0648. The number of likely N-dealkylation sites (N-methyl/N-ethyl adjacent to an activating group) is 1. The summed E-state index contributed by atoms with van der Waals surface area (Å²) in [5, 5.41) is 0. The molecule has 0 amide bonds. The van der Waals surface area contributed by atoms with Gasteiger partial charge in [-0.3, -0.25) is 9.69 Å². The molecule has 0 aromatic heterocycles. The first kappa shape index (κ1) is 13.6. The Balaban J connectivity index is 4.68. The number of carbonyl (C=O) groups is 1. The van der Waals surface area contributed by atoms with E-state index in [0.717, 1.165) is 0 Å². The molecule has 0 heterocycles. The fourth-order valence-electron chi connectivity index (χ4n) is 1.66. The maximum Gasteiger partial charge on any atom is 0.152 e. The third-order valence-corrected chi connectivity index (χ3v) is 2.75. The fourth-order valence-corrected chi connectivity index (χ4v) is 1.66. The lowest BCUT2D eigenvalue weighted by atomic mass is 9.91. The molecule has 0 radical (unpaired) electrons. The summed E-state index contributed by atoms with van der Waals surface area (Å²) in [6, 6.07) is 0.486. The summed E-state index contributed by atoms with van der Waals surface area (Å²) in [5.41, 5.74) is 0. The lowest BCUT2D eigenvalue weighted by Crippen LogP contribution is -2.47. The Hall–Kier alpha value is -0.370. The monoisotopic (exact) mass is 199 g/mol. The van der Waals surface area contributed by atoms with E-state index in [1.54, 1.807) is 0 Å². The van der Waals surface area contributed by atoms with Gasteiger partial charge in [0.1, 0.15) is 0 Å². The summed E-state index contributed by atoms with van der Waals surface area (Å²) in [6.07, 6.45) is 0. The van der Waals surface area contributed by atoms with Crippen molar-refractivity contribution < 1.29 is 4.79 Å². The van der Waals surface area contributed by atoms with Crippen molar-refractivity contribution in [3.05, 3.63) is 0 Å². The highest BCUT2D eigenvalue weighted by Gasteiger charge is 2.29. The first-order chi connectivity index (χ1) is 6.29. The Labute approximate surface area is 88.7 Å². The zero-order valence-corrected chi connectivity index (χ0v) is 10.7. The molecule has 0 bridgehead atoms. The summed E-state index contributed by atoms with van der Waals surface area (Å²) in [6.45, 7) is 12.4. The number of nitrogens with zero attached hydrogens (tertiary/aromatic N) is 1. The SMILES string of the molecule is CC(C)C(=O)[C@@H](C(C)C)N(C)C(C)C. The van der Waals surface area contributed by atoms with Gasteiger partial charge < -0.3 is 0 Å². The minimum Gasteiger partial charge on any atom is -0.298 e. The van der Waals surface area contributed by atoms with Crippen LogP contribution >= 0.6 is 0 Å². The largest absolute Gasteiger partial charge is 0.298 e. The Morgan fingerprint density at radius 1 is 1.00 bits per heavy atom. The van der Waals surface area contributed by atoms with Crippen LogP contribution in [-0.2, 0) is 4.79 Å². The van der Waals surface area contributed by atoms with E-state index in [-0.39, 0.29) is 12.0 Å². The third-order valence-electron chi connectivity index (χ3n) is 2.75. The van der Waals surface area contributed by atoms with Gasteiger partial charge in [0.2, 0.25) is 0 Å². The van der Waals surface area contributed by atoms with E-state index in [1.807, 2.05) is 20.9 Å². The van der Waals surface area contributed by atoms with Crippen molar-refractivity contribution in [3.63, 3.8) is 0 Å². The van der Waals surface area contributed by atoms with Gasteiger partial charge >= 0.3 is 0 Å². The van der Waals surface area contributed by atoms with Gasteiger partial charge in [-0.1, -0.05) is 27.7 Å². The summed E-state index contributed by atoms with van der Waals surface area (Å²) < 4.78 is 0. The second kappa shape index (κ2) is 5.50. The third kappa shape index (κ3) is 3.41. The van der Waals surface area contributed by atoms with Crippen LogP contribution in [0.15, 0.2) is 0 Å². The van der Waals surface area contributed by atoms with Crippen LogP contribution in [0.2, 0.25) is 0 Å². The van der Waals surface area contributed by atoms with Crippen molar-refractivity contribution in [1.29, 1.82) is 0 Å². The Kier molecular flexibility index (Phi) is 5.35. The van der Waals surface area contributed by atoms with Crippen LogP contribution in [0.4, 0.5) is 0 Å². The van der Waals surface area contributed by atoms with Crippen molar-refractivity contribution >= 4 is 5.78 Å². The molecule has 0 unspecified atom stereocenters. The van der Waals surface area contributed by atoms with E-state index in [9.17, 15) is 4.79 Å². The summed E-state index contributed by atoms with van der Waals surface area (Å²) in [7, 11) is 2.04. The fraction of sp³-hybridized carbons (Fsp3) is 0.917. The second-order valence-electron chi connectivity index (χ2n) is 5.01. The van der Waals surface area contributed by atoms with Crippen molar-refractivity contribution in [1.82, 2.24) is 4.90 Å². The van der Waals surface area contributed by atoms with Gasteiger partial charge in [-0.2, -0.15) is 0 Å². The highest BCUT2D eigenvalue weighted by molar-refractivity contribution is 5.85. The molecule has 2 heteroatoms. The average molecular weight is 199 g/mol. The predicted molar refractivity (Wildman–Crippen MR) is 61.4 cm³/mol. The molecule has 0 saturated heterocycles. The van der Waals surface area contributed by atoms with Gasteiger partial charge in [-0.15, -0.1) is 0 Å². The molecule has 0 N–H and O–H groups in total. The first-order valence-electron chi connectivity index (χ1n) is 5.54. The van der Waals surface area contributed by atoms with Crippen LogP contribution in [0, 0.1) is 11.8 Å². The molecular weight excluding hydrogens is 174 g/mol. The van der Waals surface area contributed by atoms with E-state index in [4.69, 9.17) is 0 Å². The standard InChI is InChI=1S/C12H25NO/c1-8(2)11(12(14)9(3)4)13(7)10(5)6/h8-11H,1-7H3/t11-/m1/s1. The van der Waals surface area contributed by atoms with E-state index >= 15 is 0 Å². The van der Waals surface area contributed by atoms with E-state index in [2.05, 4.69) is 32.6 Å². The van der Waals surface area contributed by atoms with Gasteiger partial charge in [0.15, 0.2) is 5.78 Å². The van der Waals surface area contributed by atoms with Crippen LogP contribution < -0.4 is 0 Å². The summed E-state index contributed by atoms with van der Waals surface area (Å²) in [4.78, 5) is 14.2. The number of rotatable bonds is 5. The van der Waals surface area contributed by atoms with Gasteiger partial charge in [0.25, 0.3) is 0 Å². The van der Waals surface area contributed by atoms with Crippen molar-refractivity contribution in [2.45, 2.75) is 53.6 Å². The van der Waals surface area contributed by atoms with Crippen molar-refractivity contribution in [2.24, 2.45) is 11.8 Å².